The van der Waals surface area contributed by atoms with E-state index in [2.05, 4.69) is 41.5 Å². The molecule has 0 spiro atoms. The van der Waals surface area contributed by atoms with Gasteiger partial charge in [0.1, 0.15) is 5.82 Å². The van der Waals surface area contributed by atoms with Crippen molar-refractivity contribution in [1.29, 1.82) is 0 Å². The average Bonchev–Trinajstić information content (AvgIpc) is 2.70. The number of hydrogen-bond donors (Lipinski definition) is 1. The molecule has 1 aliphatic rings. The normalized spacial score (nSPS) is 16.7. The molecule has 1 heterocycles. The summed E-state index contributed by atoms with van der Waals surface area (Å²) < 4.78 is 13.0. The summed E-state index contributed by atoms with van der Waals surface area (Å²) in [6.45, 7) is 3.12. The highest BCUT2D eigenvalue weighted by Gasteiger charge is 2.35. The minimum Gasteiger partial charge on any atom is -0.337 e. The molecule has 0 bridgehead atoms. The highest BCUT2D eigenvalue weighted by Crippen LogP contribution is 2.34. The summed E-state index contributed by atoms with van der Waals surface area (Å²) in [5, 5.41) is 3.13. The van der Waals surface area contributed by atoms with E-state index in [4.69, 9.17) is 0 Å². The molecule has 2 aromatic carbocycles. The van der Waals surface area contributed by atoms with Crippen molar-refractivity contribution < 1.29 is 9.18 Å². The molecule has 1 N–H and O–H groups in total. The van der Waals surface area contributed by atoms with Gasteiger partial charge in [-0.15, -0.1) is 0 Å². The third-order valence-electron chi connectivity index (χ3n) is 5.59. The standard InChI is InChI=1S/C22H28FN3O/c1-25-14-12-22(13-15-25,19-6-4-3-5-7-19)17-24-21(27)26(2)16-18-8-10-20(23)11-9-18/h3-11H,12-17H2,1-2H3,(H,24,27). The van der Waals surface area contributed by atoms with Gasteiger partial charge in [0.2, 0.25) is 0 Å². The molecule has 2 aromatic rings. The number of nitrogens with zero attached hydrogens (tertiary/aromatic N) is 2. The van der Waals surface area contributed by atoms with E-state index in [1.165, 1.54) is 17.7 Å². The van der Waals surface area contributed by atoms with E-state index in [0.717, 1.165) is 31.5 Å². The summed E-state index contributed by atoms with van der Waals surface area (Å²) in [6.07, 6.45) is 2.05. The third kappa shape index (κ3) is 4.86. The first-order chi connectivity index (χ1) is 13.0. The second-order valence-corrected chi connectivity index (χ2v) is 7.59. The number of hydrogen-bond acceptors (Lipinski definition) is 2. The molecular weight excluding hydrogens is 341 g/mol. The second-order valence-electron chi connectivity index (χ2n) is 7.59. The highest BCUT2D eigenvalue weighted by atomic mass is 19.1. The first-order valence-corrected chi connectivity index (χ1v) is 9.46. The molecule has 4 nitrogen and oxygen atoms in total. The summed E-state index contributed by atoms with van der Waals surface area (Å²) in [5.74, 6) is -0.266. The van der Waals surface area contributed by atoms with Crippen molar-refractivity contribution in [2.45, 2.75) is 24.8 Å². The van der Waals surface area contributed by atoms with Crippen LogP contribution >= 0.6 is 0 Å². The first kappa shape index (κ1) is 19.4. The van der Waals surface area contributed by atoms with Crippen LogP contribution in [0.25, 0.3) is 0 Å². The molecule has 1 saturated heterocycles. The van der Waals surface area contributed by atoms with Gasteiger partial charge in [-0.1, -0.05) is 42.5 Å². The van der Waals surface area contributed by atoms with Crippen LogP contribution in [0.2, 0.25) is 0 Å². The zero-order valence-corrected chi connectivity index (χ0v) is 16.1. The predicted octanol–water partition coefficient (Wildman–Crippen LogP) is 3.63. The molecule has 0 atom stereocenters. The zero-order chi connectivity index (χ0) is 19.3. The van der Waals surface area contributed by atoms with Crippen LogP contribution in [-0.2, 0) is 12.0 Å². The molecule has 0 saturated carbocycles. The Labute approximate surface area is 161 Å². The number of benzene rings is 2. The lowest BCUT2D eigenvalue weighted by Crippen LogP contribution is -2.50. The molecule has 1 fully saturated rings. The van der Waals surface area contributed by atoms with Crippen LogP contribution in [0.5, 0.6) is 0 Å². The lowest BCUT2D eigenvalue weighted by Gasteiger charge is -2.41. The molecule has 0 aromatic heterocycles. The number of piperidine rings is 1. The molecule has 2 amide bonds. The van der Waals surface area contributed by atoms with E-state index in [1.807, 2.05) is 6.07 Å². The van der Waals surface area contributed by atoms with Crippen molar-refractivity contribution >= 4 is 6.03 Å². The van der Waals surface area contributed by atoms with Crippen molar-refractivity contribution in [3.05, 3.63) is 71.5 Å². The maximum absolute atomic E-state index is 13.0. The fourth-order valence-electron chi connectivity index (χ4n) is 3.72. The van der Waals surface area contributed by atoms with Gasteiger partial charge in [-0.3, -0.25) is 0 Å². The van der Waals surface area contributed by atoms with Gasteiger partial charge < -0.3 is 15.1 Å². The van der Waals surface area contributed by atoms with Crippen LogP contribution < -0.4 is 5.32 Å². The number of carbonyl (C=O) groups excluding carboxylic acids is 1. The third-order valence-corrected chi connectivity index (χ3v) is 5.59. The number of urea groups is 1. The number of nitrogens with one attached hydrogen (secondary N) is 1. The van der Waals surface area contributed by atoms with Crippen LogP contribution in [0.4, 0.5) is 9.18 Å². The van der Waals surface area contributed by atoms with Crippen molar-refractivity contribution in [3.63, 3.8) is 0 Å². The number of likely N-dealkylation sites (tertiary alicyclic amines) is 1. The van der Waals surface area contributed by atoms with Gasteiger partial charge in [0, 0.05) is 25.6 Å². The Morgan fingerprint density at radius 3 is 2.37 bits per heavy atom. The van der Waals surface area contributed by atoms with Crippen molar-refractivity contribution in [2.24, 2.45) is 0 Å². The Kier molecular flexibility index (Phi) is 6.11. The molecule has 144 valence electrons. The lowest BCUT2D eigenvalue weighted by molar-refractivity contribution is 0.173. The van der Waals surface area contributed by atoms with Crippen LogP contribution in [-0.4, -0.2) is 49.6 Å². The second kappa shape index (κ2) is 8.53. The van der Waals surface area contributed by atoms with Crippen molar-refractivity contribution in [2.75, 3.05) is 33.7 Å². The smallest absolute Gasteiger partial charge is 0.317 e. The fourth-order valence-corrected chi connectivity index (χ4v) is 3.72. The van der Waals surface area contributed by atoms with Gasteiger partial charge in [0.15, 0.2) is 0 Å². The summed E-state index contributed by atoms with van der Waals surface area (Å²) in [4.78, 5) is 16.6. The fraction of sp³-hybridized carbons (Fsp3) is 0.409. The van der Waals surface area contributed by atoms with Crippen LogP contribution in [0, 0.1) is 5.82 Å². The van der Waals surface area contributed by atoms with Crippen molar-refractivity contribution in [1.82, 2.24) is 15.1 Å². The molecule has 27 heavy (non-hydrogen) atoms. The maximum atomic E-state index is 13.0. The Bertz CT molecular complexity index is 740. The molecule has 3 rings (SSSR count). The Morgan fingerprint density at radius 1 is 1.11 bits per heavy atom. The van der Waals surface area contributed by atoms with E-state index in [9.17, 15) is 9.18 Å². The van der Waals surface area contributed by atoms with Crippen LogP contribution in [0.15, 0.2) is 54.6 Å². The molecule has 0 unspecified atom stereocenters. The predicted molar refractivity (Wildman–Crippen MR) is 106 cm³/mol. The first-order valence-electron chi connectivity index (χ1n) is 9.46. The summed E-state index contributed by atoms with van der Waals surface area (Å²) in [7, 11) is 3.91. The van der Waals surface area contributed by atoms with Gasteiger partial charge in [-0.2, -0.15) is 0 Å². The van der Waals surface area contributed by atoms with Gasteiger partial charge in [0.05, 0.1) is 0 Å². The largest absolute Gasteiger partial charge is 0.337 e. The monoisotopic (exact) mass is 369 g/mol. The van der Waals surface area contributed by atoms with Crippen molar-refractivity contribution in [3.8, 4) is 0 Å². The number of halogens is 1. The maximum Gasteiger partial charge on any atom is 0.317 e. The highest BCUT2D eigenvalue weighted by molar-refractivity contribution is 5.74. The van der Waals surface area contributed by atoms with E-state index >= 15 is 0 Å². The van der Waals surface area contributed by atoms with Crippen LogP contribution in [0.3, 0.4) is 0 Å². The lowest BCUT2D eigenvalue weighted by atomic mass is 9.72. The SMILES string of the molecule is CN1CCC(CNC(=O)N(C)Cc2ccc(F)cc2)(c2ccccc2)CC1. The molecule has 0 aliphatic carbocycles. The minimum atomic E-state index is -0.266. The van der Waals surface area contributed by atoms with Gasteiger partial charge in [-0.05, 0) is 56.2 Å². The zero-order valence-electron chi connectivity index (χ0n) is 16.1. The van der Waals surface area contributed by atoms with E-state index in [-0.39, 0.29) is 17.3 Å². The molecule has 0 radical (unpaired) electrons. The quantitative estimate of drug-likeness (QED) is 0.874. The minimum absolute atomic E-state index is 0.0276. The Balaban J connectivity index is 1.64. The van der Waals surface area contributed by atoms with Gasteiger partial charge >= 0.3 is 6.03 Å². The summed E-state index contributed by atoms with van der Waals surface area (Å²) in [5.41, 5.74) is 2.17. The Morgan fingerprint density at radius 2 is 1.74 bits per heavy atom. The summed E-state index contributed by atoms with van der Waals surface area (Å²) >= 11 is 0. The van der Waals surface area contributed by atoms with Crippen LogP contribution in [0.1, 0.15) is 24.0 Å². The van der Waals surface area contributed by atoms with Gasteiger partial charge in [-0.25, -0.2) is 9.18 Å². The molecule has 1 aliphatic heterocycles. The van der Waals surface area contributed by atoms with E-state index < -0.39 is 0 Å². The number of amides is 2. The molecular formula is C22H28FN3O. The van der Waals surface area contributed by atoms with E-state index in [1.54, 1.807) is 24.1 Å². The average molecular weight is 369 g/mol. The topological polar surface area (TPSA) is 35.6 Å². The Hall–Kier alpha value is -2.40. The number of rotatable bonds is 5. The summed E-state index contributed by atoms with van der Waals surface area (Å²) in [6, 6.07) is 16.7. The van der Waals surface area contributed by atoms with Gasteiger partial charge in [0.25, 0.3) is 0 Å². The van der Waals surface area contributed by atoms with E-state index in [0.29, 0.717) is 13.1 Å². The number of carbonyl (C=O) groups is 1. The molecule has 5 heteroatoms.